The lowest BCUT2D eigenvalue weighted by molar-refractivity contribution is -0.101. The normalized spacial score (nSPS) is 31.6. The Morgan fingerprint density at radius 2 is 2.30 bits per heavy atom. The molecule has 0 amide bonds. The molecule has 0 bridgehead atoms. The van der Waals surface area contributed by atoms with Crippen molar-refractivity contribution in [1.82, 2.24) is 0 Å². The third-order valence-electron chi connectivity index (χ3n) is 4.56. The topological polar surface area (TPSA) is 44.5 Å². The number of halogens is 1. The molecule has 0 saturated carbocycles. The summed E-state index contributed by atoms with van der Waals surface area (Å²) in [6.45, 7) is 2.39. The Bertz CT molecular complexity index is 460. The van der Waals surface area contributed by atoms with Crippen LogP contribution in [-0.4, -0.2) is 31.5 Å². The fourth-order valence-electron chi connectivity index (χ4n) is 3.40. The second-order valence-electron chi connectivity index (χ2n) is 6.08. The minimum absolute atomic E-state index is 0.0438. The van der Waals surface area contributed by atoms with Crippen molar-refractivity contribution in [2.75, 3.05) is 19.8 Å². The Hall–Kier alpha value is -0.420. The van der Waals surface area contributed by atoms with Gasteiger partial charge in [-0.25, -0.2) is 0 Å². The summed E-state index contributed by atoms with van der Waals surface area (Å²) in [5.74, 6) is 0.532. The van der Waals surface area contributed by atoms with Crippen LogP contribution in [0.15, 0.2) is 28.7 Å². The molecule has 2 fully saturated rings. The summed E-state index contributed by atoms with van der Waals surface area (Å²) in [4.78, 5) is 0. The van der Waals surface area contributed by atoms with Gasteiger partial charge >= 0.3 is 0 Å². The molecule has 2 aliphatic rings. The number of nitrogens with two attached hydrogens (primary N) is 1. The van der Waals surface area contributed by atoms with Crippen molar-refractivity contribution in [1.29, 1.82) is 0 Å². The van der Waals surface area contributed by atoms with E-state index in [0.29, 0.717) is 5.92 Å². The van der Waals surface area contributed by atoms with Gasteiger partial charge in [-0.05, 0) is 42.9 Å². The van der Waals surface area contributed by atoms with Gasteiger partial charge in [0, 0.05) is 30.1 Å². The van der Waals surface area contributed by atoms with E-state index in [1.165, 1.54) is 5.56 Å². The number of rotatable bonds is 3. The Morgan fingerprint density at radius 1 is 1.40 bits per heavy atom. The van der Waals surface area contributed by atoms with Gasteiger partial charge in [0.05, 0.1) is 12.2 Å². The molecular weight excluding hydrogens is 318 g/mol. The van der Waals surface area contributed by atoms with Gasteiger partial charge in [0.1, 0.15) is 0 Å². The van der Waals surface area contributed by atoms with Crippen molar-refractivity contribution in [3.05, 3.63) is 34.3 Å². The average molecular weight is 340 g/mol. The van der Waals surface area contributed by atoms with E-state index in [1.807, 2.05) is 6.07 Å². The highest BCUT2D eigenvalue weighted by molar-refractivity contribution is 9.10. The zero-order valence-electron chi connectivity index (χ0n) is 11.7. The van der Waals surface area contributed by atoms with Crippen molar-refractivity contribution in [2.45, 2.75) is 37.3 Å². The van der Waals surface area contributed by atoms with E-state index < -0.39 is 0 Å². The van der Waals surface area contributed by atoms with E-state index in [4.69, 9.17) is 15.2 Å². The minimum atomic E-state index is -0.0438. The first-order valence-corrected chi connectivity index (χ1v) is 8.18. The molecule has 2 N–H and O–H groups in total. The summed E-state index contributed by atoms with van der Waals surface area (Å²) >= 11 is 3.52. The van der Waals surface area contributed by atoms with Crippen molar-refractivity contribution in [2.24, 2.45) is 11.7 Å². The van der Waals surface area contributed by atoms with Crippen LogP contribution < -0.4 is 5.73 Å². The fraction of sp³-hybridized carbons (Fsp3) is 0.625. The van der Waals surface area contributed by atoms with Gasteiger partial charge in [0.2, 0.25) is 0 Å². The Morgan fingerprint density at radius 3 is 3.05 bits per heavy atom. The third kappa shape index (κ3) is 3.25. The van der Waals surface area contributed by atoms with Gasteiger partial charge in [-0.3, -0.25) is 0 Å². The summed E-state index contributed by atoms with van der Waals surface area (Å²) in [6, 6.07) is 8.63. The smallest absolute Gasteiger partial charge is 0.0939 e. The molecule has 3 nitrogen and oxygen atoms in total. The molecule has 0 radical (unpaired) electrons. The van der Waals surface area contributed by atoms with Crippen LogP contribution in [-0.2, 0) is 15.9 Å². The number of benzene rings is 1. The highest BCUT2D eigenvalue weighted by Gasteiger charge is 2.42. The molecule has 1 aromatic carbocycles. The monoisotopic (exact) mass is 339 g/mol. The second-order valence-corrected chi connectivity index (χ2v) is 7.00. The lowest BCUT2D eigenvalue weighted by atomic mass is 9.80. The maximum atomic E-state index is 6.47. The largest absolute Gasteiger partial charge is 0.378 e. The van der Waals surface area contributed by atoms with E-state index >= 15 is 0 Å². The Balaban J connectivity index is 1.63. The summed E-state index contributed by atoms with van der Waals surface area (Å²) in [7, 11) is 0. The average Bonchev–Trinajstić information content (AvgIpc) is 2.87. The molecule has 3 atom stereocenters. The van der Waals surface area contributed by atoms with Gasteiger partial charge in [0.15, 0.2) is 0 Å². The molecule has 20 heavy (non-hydrogen) atoms. The van der Waals surface area contributed by atoms with Crippen LogP contribution in [0.3, 0.4) is 0 Å². The zero-order valence-corrected chi connectivity index (χ0v) is 13.3. The van der Waals surface area contributed by atoms with Crippen LogP contribution in [0.2, 0.25) is 0 Å². The van der Waals surface area contributed by atoms with E-state index in [2.05, 4.69) is 34.1 Å². The van der Waals surface area contributed by atoms with Crippen molar-refractivity contribution >= 4 is 15.9 Å². The third-order valence-corrected chi connectivity index (χ3v) is 5.06. The van der Waals surface area contributed by atoms with Gasteiger partial charge in [-0.1, -0.05) is 28.1 Å². The fourth-order valence-corrected chi connectivity index (χ4v) is 3.84. The summed E-state index contributed by atoms with van der Waals surface area (Å²) < 4.78 is 12.6. The summed E-state index contributed by atoms with van der Waals surface area (Å²) in [5.41, 5.74) is 7.73. The highest BCUT2D eigenvalue weighted by atomic mass is 79.9. The van der Waals surface area contributed by atoms with Gasteiger partial charge < -0.3 is 15.2 Å². The van der Waals surface area contributed by atoms with Gasteiger partial charge in [-0.2, -0.15) is 0 Å². The van der Waals surface area contributed by atoms with Gasteiger partial charge in [-0.15, -0.1) is 0 Å². The molecule has 0 aliphatic carbocycles. The van der Waals surface area contributed by atoms with E-state index in [9.17, 15) is 0 Å². The van der Waals surface area contributed by atoms with Crippen LogP contribution in [0.4, 0.5) is 0 Å². The first kappa shape index (κ1) is 14.5. The minimum Gasteiger partial charge on any atom is -0.378 e. The van der Waals surface area contributed by atoms with Crippen molar-refractivity contribution in [3.63, 3.8) is 0 Å². The molecule has 1 aromatic rings. The number of hydrogen-bond acceptors (Lipinski definition) is 3. The molecule has 3 unspecified atom stereocenters. The van der Waals surface area contributed by atoms with Crippen LogP contribution in [0.5, 0.6) is 0 Å². The maximum absolute atomic E-state index is 6.47. The van der Waals surface area contributed by atoms with Crippen LogP contribution in [0.25, 0.3) is 0 Å². The van der Waals surface area contributed by atoms with E-state index in [0.717, 1.165) is 50.0 Å². The van der Waals surface area contributed by atoms with Crippen LogP contribution >= 0.6 is 15.9 Å². The first-order chi connectivity index (χ1) is 9.67. The quantitative estimate of drug-likeness (QED) is 0.920. The number of ether oxygens (including phenoxy) is 2. The first-order valence-electron chi connectivity index (χ1n) is 7.39. The predicted octanol–water partition coefficient (Wildman–Crippen LogP) is 2.90. The Labute approximate surface area is 129 Å². The molecule has 1 spiro atoms. The van der Waals surface area contributed by atoms with Crippen LogP contribution in [0, 0.1) is 5.92 Å². The Kier molecular flexibility index (Phi) is 4.46. The highest BCUT2D eigenvalue weighted by Crippen LogP contribution is 2.37. The molecule has 2 heterocycles. The second kappa shape index (κ2) is 6.14. The maximum Gasteiger partial charge on any atom is 0.0939 e. The molecule has 0 aromatic heterocycles. The molecular formula is C16H22BrNO2. The van der Waals surface area contributed by atoms with Crippen molar-refractivity contribution < 1.29 is 9.47 Å². The lowest BCUT2D eigenvalue weighted by Crippen LogP contribution is -2.46. The summed E-state index contributed by atoms with van der Waals surface area (Å²) in [5, 5.41) is 0. The molecule has 110 valence electrons. The van der Waals surface area contributed by atoms with Crippen LogP contribution in [0.1, 0.15) is 24.8 Å². The molecule has 3 rings (SSSR count). The molecule has 2 saturated heterocycles. The van der Waals surface area contributed by atoms with Gasteiger partial charge in [0.25, 0.3) is 0 Å². The predicted molar refractivity (Wildman–Crippen MR) is 82.7 cm³/mol. The zero-order chi connectivity index (χ0) is 14.0. The van der Waals surface area contributed by atoms with Crippen molar-refractivity contribution in [3.8, 4) is 0 Å². The van der Waals surface area contributed by atoms with E-state index in [-0.39, 0.29) is 11.6 Å². The number of hydrogen-bond donors (Lipinski definition) is 1. The standard InChI is InChI=1S/C16H22BrNO2/c17-14-3-1-2-12(8-14)9-15(18)13-4-6-20-16(10-13)5-7-19-11-16/h1-3,8,13,15H,4-7,9-11,18H2. The molecule has 4 heteroatoms. The SMILES string of the molecule is NC(Cc1cccc(Br)c1)C1CCOC2(CCOC2)C1. The lowest BCUT2D eigenvalue weighted by Gasteiger charge is -2.39. The molecule has 2 aliphatic heterocycles. The summed E-state index contributed by atoms with van der Waals surface area (Å²) in [6.07, 6.45) is 4.06. The van der Waals surface area contributed by atoms with E-state index in [1.54, 1.807) is 0 Å².